The van der Waals surface area contributed by atoms with E-state index in [1.807, 2.05) is 26.1 Å². The van der Waals surface area contributed by atoms with Crippen LogP contribution in [-0.4, -0.2) is 56.5 Å². The lowest BCUT2D eigenvalue weighted by atomic mass is 10.0. The summed E-state index contributed by atoms with van der Waals surface area (Å²) >= 11 is 0. The molecule has 1 fully saturated rings. The summed E-state index contributed by atoms with van der Waals surface area (Å²) in [6, 6.07) is 7.89. The van der Waals surface area contributed by atoms with Crippen LogP contribution >= 0.6 is 0 Å². The minimum atomic E-state index is -0.131. The van der Waals surface area contributed by atoms with Gasteiger partial charge in [0.05, 0.1) is 6.04 Å². The fraction of sp³-hybridized carbons (Fsp3) is 0.562. The van der Waals surface area contributed by atoms with Gasteiger partial charge in [-0.25, -0.2) is 0 Å². The number of hydrogen-bond donors (Lipinski definition) is 1. The first kappa shape index (κ1) is 15.0. The Kier molecular flexibility index (Phi) is 5.15. The van der Waals surface area contributed by atoms with Crippen molar-refractivity contribution < 1.29 is 4.79 Å². The Hall–Kier alpha value is -1.39. The fourth-order valence-corrected chi connectivity index (χ4v) is 2.54. The molecule has 110 valence electrons. The van der Waals surface area contributed by atoms with Crippen molar-refractivity contribution >= 4 is 11.5 Å². The molecule has 4 heteroatoms. The lowest BCUT2D eigenvalue weighted by Crippen LogP contribution is -2.46. The highest BCUT2D eigenvalue weighted by Crippen LogP contribution is 2.18. The maximum Gasteiger partial charge on any atom is 0.179 e. The zero-order chi connectivity index (χ0) is 14.5. The molecule has 1 heterocycles. The summed E-state index contributed by atoms with van der Waals surface area (Å²) in [6.07, 6.45) is 0. The summed E-state index contributed by atoms with van der Waals surface area (Å²) in [6.45, 7) is 9.59. The van der Waals surface area contributed by atoms with Crippen molar-refractivity contribution in [3.8, 4) is 0 Å². The molecule has 1 saturated heterocycles. The first-order valence-electron chi connectivity index (χ1n) is 7.44. The molecule has 1 unspecified atom stereocenters. The normalized spacial score (nSPS) is 18.1. The number of Topliss-reactive ketones (excluding diaryl/α,β-unsaturated/α-hetero) is 1. The van der Waals surface area contributed by atoms with E-state index in [2.05, 4.69) is 34.2 Å². The van der Waals surface area contributed by atoms with Crippen LogP contribution in [-0.2, 0) is 0 Å². The van der Waals surface area contributed by atoms with Crippen LogP contribution in [0.4, 0.5) is 5.69 Å². The molecule has 2 rings (SSSR count). The average molecular weight is 275 g/mol. The van der Waals surface area contributed by atoms with Crippen molar-refractivity contribution in [3.05, 3.63) is 29.8 Å². The molecule has 1 atom stereocenters. The summed E-state index contributed by atoms with van der Waals surface area (Å²) in [7, 11) is 1.81. The van der Waals surface area contributed by atoms with Crippen LogP contribution in [0.2, 0.25) is 0 Å². The van der Waals surface area contributed by atoms with Crippen LogP contribution in [0.25, 0.3) is 0 Å². The van der Waals surface area contributed by atoms with Crippen molar-refractivity contribution in [2.45, 2.75) is 19.9 Å². The van der Waals surface area contributed by atoms with Crippen molar-refractivity contribution in [3.63, 3.8) is 0 Å². The molecule has 0 bridgehead atoms. The Morgan fingerprint density at radius 3 is 2.30 bits per heavy atom. The summed E-state index contributed by atoms with van der Waals surface area (Å²) in [5.41, 5.74) is 2.00. The molecule has 0 aliphatic carbocycles. The Bertz CT molecular complexity index is 436. The van der Waals surface area contributed by atoms with Gasteiger partial charge in [-0.05, 0) is 44.8 Å². The molecule has 1 aromatic carbocycles. The molecule has 0 radical (unpaired) electrons. The van der Waals surface area contributed by atoms with Gasteiger partial charge in [0.25, 0.3) is 0 Å². The fourth-order valence-electron chi connectivity index (χ4n) is 2.54. The molecule has 20 heavy (non-hydrogen) atoms. The largest absolute Gasteiger partial charge is 0.369 e. The van der Waals surface area contributed by atoms with Crippen LogP contribution < -0.4 is 10.2 Å². The van der Waals surface area contributed by atoms with Crippen molar-refractivity contribution in [2.24, 2.45) is 0 Å². The van der Waals surface area contributed by atoms with Gasteiger partial charge in [-0.2, -0.15) is 0 Å². The van der Waals surface area contributed by atoms with Gasteiger partial charge < -0.3 is 15.1 Å². The second-order valence-corrected chi connectivity index (χ2v) is 5.34. The monoisotopic (exact) mass is 275 g/mol. The topological polar surface area (TPSA) is 35.6 Å². The zero-order valence-corrected chi connectivity index (χ0v) is 12.7. The number of likely N-dealkylation sites (N-methyl/N-ethyl adjacent to an activating group) is 2. The SMILES string of the molecule is CCN1CCN(c2ccc(C(=O)C(C)NC)cc2)CC1. The summed E-state index contributed by atoms with van der Waals surface area (Å²) < 4.78 is 0. The van der Waals surface area contributed by atoms with E-state index in [0.717, 1.165) is 38.3 Å². The van der Waals surface area contributed by atoms with Crippen LogP contribution in [0.3, 0.4) is 0 Å². The van der Waals surface area contributed by atoms with E-state index in [1.54, 1.807) is 0 Å². The second kappa shape index (κ2) is 6.86. The number of piperazine rings is 1. The molecule has 0 aromatic heterocycles. The summed E-state index contributed by atoms with van der Waals surface area (Å²) in [5.74, 6) is 0.148. The lowest BCUT2D eigenvalue weighted by molar-refractivity contribution is 0.0955. The van der Waals surface area contributed by atoms with Gasteiger partial charge in [0.1, 0.15) is 0 Å². The molecule has 1 aliphatic heterocycles. The van der Waals surface area contributed by atoms with E-state index in [9.17, 15) is 4.79 Å². The molecular weight excluding hydrogens is 250 g/mol. The number of nitrogens with zero attached hydrogens (tertiary/aromatic N) is 2. The molecule has 1 N–H and O–H groups in total. The molecule has 4 nitrogen and oxygen atoms in total. The van der Waals surface area contributed by atoms with Crippen LogP contribution in [0, 0.1) is 0 Å². The number of anilines is 1. The molecule has 0 amide bonds. The Morgan fingerprint density at radius 2 is 1.80 bits per heavy atom. The van der Waals surface area contributed by atoms with Gasteiger partial charge in [0.2, 0.25) is 0 Å². The summed E-state index contributed by atoms with van der Waals surface area (Å²) in [4.78, 5) is 16.9. The van der Waals surface area contributed by atoms with Crippen LogP contribution in [0.15, 0.2) is 24.3 Å². The molecule has 1 aliphatic rings. The number of nitrogens with one attached hydrogen (secondary N) is 1. The van der Waals surface area contributed by atoms with Gasteiger partial charge >= 0.3 is 0 Å². The maximum atomic E-state index is 12.1. The Labute approximate surface area is 121 Å². The van der Waals surface area contributed by atoms with E-state index in [0.29, 0.717) is 0 Å². The number of carbonyl (C=O) groups is 1. The first-order valence-corrected chi connectivity index (χ1v) is 7.44. The average Bonchev–Trinajstić information content (AvgIpc) is 2.53. The molecule has 0 spiro atoms. The number of carbonyl (C=O) groups excluding carboxylic acids is 1. The predicted octanol–water partition coefficient (Wildman–Crippen LogP) is 1.62. The molecule has 1 aromatic rings. The number of benzene rings is 1. The second-order valence-electron chi connectivity index (χ2n) is 5.34. The van der Waals surface area contributed by atoms with Crippen LogP contribution in [0.5, 0.6) is 0 Å². The maximum absolute atomic E-state index is 12.1. The minimum Gasteiger partial charge on any atom is -0.369 e. The highest BCUT2D eigenvalue weighted by molar-refractivity contribution is 6.00. The number of ketones is 1. The van der Waals surface area contributed by atoms with E-state index >= 15 is 0 Å². The van der Waals surface area contributed by atoms with Gasteiger partial charge in [0, 0.05) is 37.4 Å². The molecule has 0 saturated carbocycles. The van der Waals surface area contributed by atoms with E-state index in [-0.39, 0.29) is 11.8 Å². The third-order valence-electron chi connectivity index (χ3n) is 4.16. The Balaban J connectivity index is 2.00. The number of hydrogen-bond acceptors (Lipinski definition) is 4. The van der Waals surface area contributed by atoms with E-state index in [4.69, 9.17) is 0 Å². The van der Waals surface area contributed by atoms with Crippen molar-refractivity contribution in [1.29, 1.82) is 0 Å². The van der Waals surface area contributed by atoms with Gasteiger partial charge in [-0.3, -0.25) is 4.79 Å². The number of rotatable bonds is 5. The third kappa shape index (κ3) is 3.38. The van der Waals surface area contributed by atoms with Crippen molar-refractivity contribution in [2.75, 3.05) is 44.7 Å². The minimum absolute atomic E-state index is 0.131. The highest BCUT2D eigenvalue weighted by Gasteiger charge is 2.17. The van der Waals surface area contributed by atoms with E-state index < -0.39 is 0 Å². The summed E-state index contributed by atoms with van der Waals surface area (Å²) in [5, 5.41) is 2.99. The van der Waals surface area contributed by atoms with Gasteiger partial charge in [-0.15, -0.1) is 0 Å². The van der Waals surface area contributed by atoms with Crippen LogP contribution in [0.1, 0.15) is 24.2 Å². The lowest BCUT2D eigenvalue weighted by Gasteiger charge is -2.35. The first-order chi connectivity index (χ1) is 9.65. The standard InChI is InChI=1S/C16H25N3O/c1-4-18-9-11-19(12-10-18)15-7-5-14(6-8-15)16(20)13(2)17-3/h5-8,13,17H,4,9-12H2,1-3H3. The van der Waals surface area contributed by atoms with Gasteiger partial charge in [0.15, 0.2) is 5.78 Å². The third-order valence-corrected chi connectivity index (χ3v) is 4.16. The van der Waals surface area contributed by atoms with Gasteiger partial charge in [-0.1, -0.05) is 6.92 Å². The predicted molar refractivity (Wildman–Crippen MR) is 83.6 cm³/mol. The Morgan fingerprint density at radius 1 is 1.20 bits per heavy atom. The molecular formula is C16H25N3O. The van der Waals surface area contributed by atoms with E-state index in [1.165, 1.54) is 5.69 Å². The smallest absolute Gasteiger partial charge is 0.179 e. The van der Waals surface area contributed by atoms with Crippen molar-refractivity contribution in [1.82, 2.24) is 10.2 Å². The zero-order valence-electron chi connectivity index (χ0n) is 12.7. The quantitative estimate of drug-likeness (QED) is 0.828. The highest BCUT2D eigenvalue weighted by atomic mass is 16.1.